The molecule has 0 radical (unpaired) electrons. The minimum atomic E-state index is -0.924. The van der Waals surface area contributed by atoms with Crippen LogP contribution in [0.25, 0.3) is 33.3 Å². The Kier molecular flexibility index (Phi) is 6.33. The van der Waals surface area contributed by atoms with Crippen LogP contribution in [0, 0.1) is 0 Å². The molecule has 202 valence electrons. The van der Waals surface area contributed by atoms with Crippen molar-refractivity contribution in [3.05, 3.63) is 96.1 Å². The number of benzene rings is 2. The van der Waals surface area contributed by atoms with Gasteiger partial charge in [-0.05, 0) is 64.5 Å². The average Bonchev–Trinajstić information content (AvgIpc) is 3.74. The maximum absolute atomic E-state index is 13.1. The molecule has 0 atom stereocenters. The number of pyridine rings is 2. The standard InChI is InChI=1S/C31H26BN5O4/c38-29-5-2-12-37(29)23-8-6-19(7-9-23)21-13-22(16-33-15-21)24-10-11-34-30-25(24)14-28(36-30)31(39)35-17-20-3-1-4-27-26(20)18-41-32(27)40/h1,3-4,6-11,13-16,40H,2,5,12,17-18H2,(H,34,36)(H,35,39). The molecule has 5 aromatic rings. The van der Waals surface area contributed by atoms with Gasteiger partial charge in [0, 0.05) is 60.3 Å². The van der Waals surface area contributed by atoms with E-state index in [1.54, 1.807) is 12.4 Å². The molecular weight excluding hydrogens is 517 g/mol. The monoisotopic (exact) mass is 543 g/mol. The fourth-order valence-corrected chi connectivity index (χ4v) is 5.65. The topological polar surface area (TPSA) is 120 Å². The second-order valence-corrected chi connectivity index (χ2v) is 10.3. The predicted octanol–water partition coefficient (Wildman–Crippen LogP) is 3.57. The minimum Gasteiger partial charge on any atom is -0.423 e. The average molecular weight is 543 g/mol. The van der Waals surface area contributed by atoms with Crippen molar-refractivity contribution >= 4 is 41.1 Å². The van der Waals surface area contributed by atoms with Gasteiger partial charge in [0.2, 0.25) is 5.91 Å². The molecule has 2 aliphatic rings. The van der Waals surface area contributed by atoms with E-state index in [1.165, 1.54) is 0 Å². The number of nitrogens with one attached hydrogen (secondary N) is 2. The molecule has 0 aliphatic carbocycles. The minimum absolute atomic E-state index is 0.167. The SMILES string of the molecule is O=C(NCc1cccc2c1COB2O)c1cc2c(-c3cncc(-c4ccc(N5CCCC5=O)cc4)c3)ccnc2[nH]1. The second-order valence-electron chi connectivity index (χ2n) is 10.3. The van der Waals surface area contributed by atoms with Crippen molar-refractivity contribution in [2.75, 3.05) is 11.4 Å². The van der Waals surface area contributed by atoms with Crippen LogP contribution in [0.3, 0.4) is 0 Å². The van der Waals surface area contributed by atoms with Crippen molar-refractivity contribution in [1.29, 1.82) is 0 Å². The lowest BCUT2D eigenvalue weighted by atomic mass is 9.78. The van der Waals surface area contributed by atoms with Crippen LogP contribution in [0.2, 0.25) is 0 Å². The van der Waals surface area contributed by atoms with Crippen molar-refractivity contribution in [2.24, 2.45) is 0 Å². The van der Waals surface area contributed by atoms with Gasteiger partial charge in [0.05, 0.1) is 6.61 Å². The number of anilines is 1. The Hall–Kier alpha value is -4.80. The molecular formula is C31H26BN5O4. The van der Waals surface area contributed by atoms with E-state index in [1.807, 2.05) is 65.7 Å². The first-order valence-corrected chi connectivity index (χ1v) is 13.6. The normalized spacial score (nSPS) is 14.6. The highest BCUT2D eigenvalue weighted by Gasteiger charge is 2.29. The van der Waals surface area contributed by atoms with Crippen LogP contribution in [-0.2, 0) is 22.6 Å². The van der Waals surface area contributed by atoms with E-state index in [0.717, 1.165) is 62.9 Å². The van der Waals surface area contributed by atoms with E-state index in [9.17, 15) is 14.6 Å². The zero-order chi connectivity index (χ0) is 27.9. The summed E-state index contributed by atoms with van der Waals surface area (Å²) in [5, 5.41) is 13.7. The molecule has 41 heavy (non-hydrogen) atoms. The molecule has 3 N–H and O–H groups in total. The summed E-state index contributed by atoms with van der Waals surface area (Å²) in [6.07, 6.45) is 6.83. The third-order valence-corrected chi connectivity index (χ3v) is 7.81. The molecule has 0 saturated carbocycles. The van der Waals surface area contributed by atoms with Gasteiger partial charge in [-0.15, -0.1) is 0 Å². The van der Waals surface area contributed by atoms with Gasteiger partial charge in [0.25, 0.3) is 5.91 Å². The third kappa shape index (κ3) is 4.67. The first kappa shape index (κ1) is 25.2. The Morgan fingerprint density at radius 2 is 1.93 bits per heavy atom. The second kappa shape index (κ2) is 10.3. The summed E-state index contributed by atoms with van der Waals surface area (Å²) >= 11 is 0. The molecule has 5 heterocycles. The van der Waals surface area contributed by atoms with Crippen LogP contribution in [0.15, 0.2) is 79.3 Å². The lowest BCUT2D eigenvalue weighted by molar-refractivity contribution is -0.117. The summed E-state index contributed by atoms with van der Waals surface area (Å²) < 4.78 is 5.33. The van der Waals surface area contributed by atoms with Gasteiger partial charge in [0.1, 0.15) is 11.3 Å². The molecule has 0 unspecified atom stereocenters. The third-order valence-electron chi connectivity index (χ3n) is 7.81. The first-order chi connectivity index (χ1) is 20.0. The summed E-state index contributed by atoms with van der Waals surface area (Å²) in [5.41, 5.74) is 8.24. The zero-order valence-electron chi connectivity index (χ0n) is 22.1. The van der Waals surface area contributed by atoms with Gasteiger partial charge in [0.15, 0.2) is 0 Å². The summed E-state index contributed by atoms with van der Waals surface area (Å²) in [4.78, 5) is 39.1. The number of nitrogens with zero attached hydrogens (tertiary/aromatic N) is 3. The van der Waals surface area contributed by atoms with Crippen LogP contribution >= 0.6 is 0 Å². The fourth-order valence-electron chi connectivity index (χ4n) is 5.65. The van der Waals surface area contributed by atoms with Gasteiger partial charge in [-0.3, -0.25) is 14.6 Å². The Bertz CT molecular complexity index is 1800. The maximum Gasteiger partial charge on any atom is 0.491 e. The van der Waals surface area contributed by atoms with Crippen LogP contribution in [-0.4, -0.2) is 45.5 Å². The van der Waals surface area contributed by atoms with Gasteiger partial charge < -0.3 is 24.9 Å². The fraction of sp³-hybridized carbons (Fsp3) is 0.161. The maximum atomic E-state index is 13.1. The molecule has 0 spiro atoms. The van der Waals surface area contributed by atoms with Crippen molar-refractivity contribution in [3.63, 3.8) is 0 Å². The van der Waals surface area contributed by atoms with Gasteiger partial charge >= 0.3 is 7.12 Å². The van der Waals surface area contributed by atoms with Crippen molar-refractivity contribution < 1.29 is 19.3 Å². The number of aromatic amines is 1. The van der Waals surface area contributed by atoms with Crippen molar-refractivity contribution in [1.82, 2.24) is 20.3 Å². The Morgan fingerprint density at radius 1 is 1.07 bits per heavy atom. The van der Waals surface area contributed by atoms with Gasteiger partial charge in [-0.2, -0.15) is 0 Å². The lowest BCUT2D eigenvalue weighted by Crippen LogP contribution is -2.29. The number of fused-ring (bicyclic) bond motifs is 2. The first-order valence-electron chi connectivity index (χ1n) is 13.6. The summed E-state index contributed by atoms with van der Waals surface area (Å²) in [7, 11) is -0.924. The molecule has 7 rings (SSSR count). The van der Waals surface area contributed by atoms with Crippen molar-refractivity contribution in [2.45, 2.75) is 26.0 Å². The summed E-state index contributed by atoms with van der Waals surface area (Å²) in [5.74, 6) is -0.0878. The quantitative estimate of drug-likeness (QED) is 0.282. The van der Waals surface area contributed by atoms with Gasteiger partial charge in [-0.1, -0.05) is 30.3 Å². The number of hydrogen-bond acceptors (Lipinski definition) is 6. The summed E-state index contributed by atoms with van der Waals surface area (Å²) in [6.45, 7) is 1.39. The highest BCUT2D eigenvalue weighted by Crippen LogP contribution is 2.32. The molecule has 2 aromatic carbocycles. The lowest BCUT2D eigenvalue weighted by Gasteiger charge is -2.16. The van der Waals surface area contributed by atoms with Crippen molar-refractivity contribution in [3.8, 4) is 22.3 Å². The Balaban J connectivity index is 1.13. The van der Waals surface area contributed by atoms with E-state index in [-0.39, 0.29) is 11.8 Å². The number of aromatic nitrogens is 3. The zero-order valence-corrected chi connectivity index (χ0v) is 22.1. The van der Waals surface area contributed by atoms with Crippen LogP contribution in [0.1, 0.15) is 34.5 Å². The number of carbonyl (C=O) groups is 2. The molecule has 1 saturated heterocycles. The Morgan fingerprint density at radius 3 is 2.76 bits per heavy atom. The molecule has 0 bridgehead atoms. The van der Waals surface area contributed by atoms with Crippen LogP contribution in [0.5, 0.6) is 0 Å². The Labute approximate surface area is 236 Å². The molecule has 3 aromatic heterocycles. The van der Waals surface area contributed by atoms with E-state index < -0.39 is 7.12 Å². The molecule has 10 heteroatoms. The van der Waals surface area contributed by atoms with E-state index in [4.69, 9.17) is 4.65 Å². The summed E-state index contributed by atoms with van der Waals surface area (Å²) in [6, 6.07) is 19.4. The van der Waals surface area contributed by atoms with Crippen LogP contribution in [0.4, 0.5) is 5.69 Å². The largest absolute Gasteiger partial charge is 0.491 e. The number of rotatable bonds is 6. The predicted molar refractivity (Wildman–Crippen MR) is 156 cm³/mol. The van der Waals surface area contributed by atoms with Crippen LogP contribution < -0.4 is 15.7 Å². The van der Waals surface area contributed by atoms with E-state index >= 15 is 0 Å². The highest BCUT2D eigenvalue weighted by molar-refractivity contribution is 6.61. The number of carbonyl (C=O) groups excluding carboxylic acids is 2. The van der Waals surface area contributed by atoms with E-state index in [2.05, 4.69) is 26.3 Å². The van der Waals surface area contributed by atoms with E-state index in [0.29, 0.717) is 30.9 Å². The number of amides is 2. The highest BCUT2D eigenvalue weighted by atomic mass is 16.5. The molecule has 9 nitrogen and oxygen atoms in total. The molecule has 2 aliphatic heterocycles. The smallest absolute Gasteiger partial charge is 0.423 e. The number of H-pyrrole nitrogens is 1. The molecule has 2 amide bonds. The molecule has 1 fully saturated rings. The number of hydrogen-bond donors (Lipinski definition) is 3. The van der Waals surface area contributed by atoms with Gasteiger partial charge in [-0.25, -0.2) is 4.98 Å².